The highest BCUT2D eigenvalue weighted by atomic mass is 16.4. The Hall–Kier alpha value is -3.21. The molecule has 1 unspecified atom stereocenters. The van der Waals surface area contributed by atoms with Gasteiger partial charge in [-0.05, 0) is 151 Å². The van der Waals surface area contributed by atoms with Gasteiger partial charge in [0.25, 0.3) is 0 Å². The van der Waals surface area contributed by atoms with Crippen molar-refractivity contribution in [3.05, 3.63) is 83.7 Å². The number of allylic oxidation sites excluding steroid dienone is 3. The fourth-order valence-corrected chi connectivity index (χ4v) is 13.5. The number of rotatable bonds is 7. The summed E-state index contributed by atoms with van der Waals surface area (Å²) in [6.07, 6.45) is 15.2. The maximum Gasteiger partial charge on any atom is 0.335 e. The second-order valence-corrected chi connectivity index (χ2v) is 18.1. The van der Waals surface area contributed by atoms with Gasteiger partial charge in [0.05, 0.1) is 11.0 Å². The second-order valence-electron chi connectivity index (χ2n) is 18.1. The first-order valence-corrected chi connectivity index (χ1v) is 19.1. The summed E-state index contributed by atoms with van der Waals surface area (Å²) < 4.78 is 0. The predicted molar refractivity (Wildman–Crippen MR) is 197 cm³/mol. The van der Waals surface area contributed by atoms with Gasteiger partial charge in [0.1, 0.15) is 0 Å². The van der Waals surface area contributed by atoms with E-state index in [1.54, 1.807) is 12.1 Å². The van der Waals surface area contributed by atoms with Crippen molar-refractivity contribution in [2.75, 3.05) is 6.54 Å². The number of amides is 1. The number of carboxylic acid groups (broad SMARTS) is 1. The quantitative estimate of drug-likeness (QED) is 0.289. The molecule has 4 saturated carbocycles. The molecule has 1 aromatic heterocycles. The summed E-state index contributed by atoms with van der Waals surface area (Å²) in [5.74, 6) is 1.86. The van der Waals surface area contributed by atoms with Crippen LogP contribution in [-0.4, -0.2) is 28.5 Å². The second kappa shape index (κ2) is 11.9. The number of benzene rings is 1. The topological polar surface area (TPSA) is 79.3 Å². The Labute approximate surface area is 294 Å². The number of nitrogens with one attached hydrogen (secondary N) is 1. The van der Waals surface area contributed by atoms with Crippen LogP contribution in [0.5, 0.6) is 0 Å². The molecule has 7 rings (SSSR count). The number of pyridine rings is 1. The summed E-state index contributed by atoms with van der Waals surface area (Å²) in [7, 11) is 0. The summed E-state index contributed by atoms with van der Waals surface area (Å²) in [6.45, 7) is 20.2. The standard InChI is InChI=1S/C44H58N2O3/c1-28(2)32-17-23-44(39(49)46-27-20-31-10-8-9-26-45-31)25-24-42(6)34(37(32)44)15-16-36-41(5)21-18-33(29-11-13-30(14-12-29)38(47)48)40(3,4)35(41)19-22-43(36,42)7/h8-14,18,26,32,34-37H,1,15-17,19-25,27H2,2-7H3,(H,46,49)(H,47,48)/t32-,34+,35?,36+,37+,41-,42+,43+,44-/m0/s1. The number of hydrogen-bond acceptors (Lipinski definition) is 3. The highest BCUT2D eigenvalue weighted by Crippen LogP contribution is 2.77. The minimum atomic E-state index is -0.875. The number of carboxylic acids is 1. The highest BCUT2D eigenvalue weighted by molar-refractivity contribution is 5.88. The minimum absolute atomic E-state index is 0.0115. The van der Waals surface area contributed by atoms with Gasteiger partial charge in [-0.15, -0.1) is 0 Å². The summed E-state index contributed by atoms with van der Waals surface area (Å²) >= 11 is 0. The van der Waals surface area contributed by atoms with Gasteiger partial charge in [-0.1, -0.05) is 71.0 Å². The van der Waals surface area contributed by atoms with E-state index in [4.69, 9.17) is 0 Å². The van der Waals surface area contributed by atoms with E-state index >= 15 is 0 Å². The van der Waals surface area contributed by atoms with Crippen LogP contribution in [0.2, 0.25) is 0 Å². The molecular formula is C44H58N2O3. The summed E-state index contributed by atoms with van der Waals surface area (Å²) in [5, 5.41) is 12.9. The van der Waals surface area contributed by atoms with E-state index in [9.17, 15) is 14.7 Å². The number of aromatic nitrogens is 1. The molecule has 1 aromatic carbocycles. The van der Waals surface area contributed by atoms with Crippen molar-refractivity contribution in [2.45, 2.75) is 106 Å². The first kappa shape index (κ1) is 34.2. The Balaban J connectivity index is 1.18. The molecule has 5 heteroatoms. The Morgan fingerprint density at radius 3 is 2.33 bits per heavy atom. The molecule has 0 spiro atoms. The summed E-state index contributed by atoms with van der Waals surface area (Å²) in [6, 6.07) is 13.6. The van der Waals surface area contributed by atoms with Crippen molar-refractivity contribution in [3.8, 4) is 0 Å². The summed E-state index contributed by atoms with van der Waals surface area (Å²) in [4.78, 5) is 30.4. The molecule has 0 bridgehead atoms. The van der Waals surface area contributed by atoms with Gasteiger partial charge in [-0.3, -0.25) is 9.78 Å². The molecule has 49 heavy (non-hydrogen) atoms. The largest absolute Gasteiger partial charge is 0.478 e. The first-order chi connectivity index (χ1) is 23.2. The number of aromatic carboxylic acids is 1. The lowest BCUT2D eigenvalue weighted by Crippen LogP contribution is -2.66. The van der Waals surface area contributed by atoms with Gasteiger partial charge in [0.2, 0.25) is 5.91 Å². The molecule has 1 amide bonds. The molecule has 9 atom stereocenters. The molecule has 5 aliphatic carbocycles. The van der Waals surface area contributed by atoms with Gasteiger partial charge in [0.15, 0.2) is 0 Å². The van der Waals surface area contributed by atoms with Crippen LogP contribution in [0.25, 0.3) is 5.57 Å². The van der Waals surface area contributed by atoms with Crippen LogP contribution in [0.4, 0.5) is 0 Å². The molecule has 5 aliphatic rings. The zero-order valence-electron chi connectivity index (χ0n) is 30.8. The molecule has 262 valence electrons. The monoisotopic (exact) mass is 662 g/mol. The molecule has 5 nitrogen and oxygen atoms in total. The normalized spacial score (nSPS) is 39.0. The number of hydrogen-bond donors (Lipinski definition) is 2. The third-order valence-electron chi connectivity index (χ3n) is 15.9. The van der Waals surface area contributed by atoms with Crippen LogP contribution in [0.3, 0.4) is 0 Å². The van der Waals surface area contributed by atoms with Crippen molar-refractivity contribution in [2.24, 2.45) is 56.7 Å². The predicted octanol–water partition coefficient (Wildman–Crippen LogP) is 9.79. The van der Waals surface area contributed by atoms with Crippen molar-refractivity contribution in [1.82, 2.24) is 10.3 Å². The number of carbonyl (C=O) groups excluding carboxylic acids is 1. The van der Waals surface area contributed by atoms with Crippen LogP contribution in [0, 0.1) is 56.7 Å². The first-order valence-electron chi connectivity index (χ1n) is 19.1. The zero-order valence-corrected chi connectivity index (χ0v) is 30.8. The van der Waals surface area contributed by atoms with E-state index < -0.39 is 5.97 Å². The molecule has 0 saturated heterocycles. The van der Waals surface area contributed by atoms with Gasteiger partial charge >= 0.3 is 5.97 Å². The molecular weight excluding hydrogens is 604 g/mol. The molecule has 1 heterocycles. The van der Waals surface area contributed by atoms with Gasteiger partial charge in [0, 0.05) is 24.9 Å². The van der Waals surface area contributed by atoms with Crippen molar-refractivity contribution in [3.63, 3.8) is 0 Å². The third-order valence-corrected chi connectivity index (χ3v) is 15.9. The number of carbonyl (C=O) groups is 2. The lowest BCUT2D eigenvalue weighted by atomic mass is 9.32. The number of nitrogens with zero attached hydrogens (tertiary/aromatic N) is 1. The van der Waals surface area contributed by atoms with E-state index in [1.165, 1.54) is 36.8 Å². The fraction of sp³-hybridized carbons (Fsp3) is 0.614. The number of fused-ring (bicyclic) bond motifs is 7. The zero-order chi connectivity index (χ0) is 35.0. The van der Waals surface area contributed by atoms with Crippen LogP contribution in [-0.2, 0) is 11.2 Å². The van der Waals surface area contributed by atoms with Crippen molar-refractivity contribution >= 4 is 17.4 Å². The lowest BCUT2D eigenvalue weighted by Gasteiger charge is -2.72. The molecule has 0 radical (unpaired) electrons. The Bertz CT molecular complexity index is 1660. The average molecular weight is 663 g/mol. The van der Waals surface area contributed by atoms with Crippen LogP contribution in [0.1, 0.15) is 121 Å². The van der Waals surface area contributed by atoms with Gasteiger partial charge in [-0.25, -0.2) is 4.79 Å². The van der Waals surface area contributed by atoms with Crippen molar-refractivity contribution < 1.29 is 14.7 Å². The third kappa shape index (κ3) is 5.02. The van der Waals surface area contributed by atoms with Crippen LogP contribution < -0.4 is 5.32 Å². The van der Waals surface area contributed by atoms with Crippen molar-refractivity contribution in [1.29, 1.82) is 0 Å². The average Bonchev–Trinajstić information content (AvgIpc) is 3.47. The Kier molecular flexibility index (Phi) is 8.35. The maximum absolute atomic E-state index is 14.4. The summed E-state index contributed by atoms with van der Waals surface area (Å²) in [5.41, 5.74) is 5.43. The van der Waals surface area contributed by atoms with Gasteiger partial charge < -0.3 is 10.4 Å². The van der Waals surface area contributed by atoms with E-state index in [1.807, 2.05) is 36.5 Å². The minimum Gasteiger partial charge on any atom is -0.478 e. The molecule has 2 N–H and O–H groups in total. The molecule has 0 aliphatic heterocycles. The maximum atomic E-state index is 14.4. The van der Waals surface area contributed by atoms with E-state index in [0.717, 1.165) is 49.8 Å². The van der Waals surface area contributed by atoms with E-state index in [2.05, 4.69) is 64.5 Å². The van der Waals surface area contributed by atoms with E-state index in [-0.39, 0.29) is 33.0 Å². The highest BCUT2D eigenvalue weighted by Gasteiger charge is 2.71. The van der Waals surface area contributed by atoms with Crippen LogP contribution in [0.15, 0.2) is 66.9 Å². The lowest BCUT2D eigenvalue weighted by molar-refractivity contribution is -0.225. The smallest absolute Gasteiger partial charge is 0.335 e. The molecule has 4 fully saturated rings. The molecule has 2 aromatic rings. The Morgan fingerprint density at radius 2 is 1.65 bits per heavy atom. The van der Waals surface area contributed by atoms with Gasteiger partial charge in [-0.2, -0.15) is 0 Å². The fourth-order valence-electron chi connectivity index (χ4n) is 13.5. The Morgan fingerprint density at radius 1 is 0.898 bits per heavy atom. The van der Waals surface area contributed by atoms with Crippen LogP contribution >= 0.6 is 0 Å². The SMILES string of the molecule is C=C(C)[C@@H]1CC[C@]2(C(=O)NCCc3ccccn3)CC[C@]3(C)[C@H](CC[C@@H]4[C@@]5(C)CC=C(c6ccc(C(=O)O)cc6)C(C)(C)C5CC[C@]43C)[C@@H]12. The van der Waals surface area contributed by atoms with E-state index in [0.29, 0.717) is 41.7 Å².